The molecule has 19 heavy (non-hydrogen) atoms. The molecule has 0 saturated carbocycles. The van der Waals surface area contributed by atoms with Gasteiger partial charge in [-0.1, -0.05) is 25.5 Å². The second-order valence-corrected chi connectivity index (χ2v) is 5.02. The highest BCUT2D eigenvalue weighted by atomic mass is 16.1. The quantitative estimate of drug-likeness (QED) is 0.839. The summed E-state index contributed by atoms with van der Waals surface area (Å²) in [6.07, 6.45) is 2.90. The summed E-state index contributed by atoms with van der Waals surface area (Å²) in [4.78, 5) is 11.9. The summed E-state index contributed by atoms with van der Waals surface area (Å²) >= 11 is 0. The molecule has 0 fully saturated rings. The number of carbonyl (C=O) groups is 1. The van der Waals surface area contributed by atoms with Gasteiger partial charge in [-0.15, -0.1) is 0 Å². The topological polar surface area (TPSA) is 52.9 Å². The molecule has 1 aromatic rings. The van der Waals surface area contributed by atoms with E-state index in [1.165, 1.54) is 0 Å². The van der Waals surface area contributed by atoms with Crippen molar-refractivity contribution in [2.75, 3.05) is 5.32 Å². The molecule has 1 N–H and O–H groups in total. The molecule has 0 aliphatic carbocycles. The van der Waals surface area contributed by atoms with E-state index < -0.39 is 0 Å². The molecule has 1 amide bonds. The average Bonchev–Trinajstić information content (AvgIpc) is 2.39. The minimum atomic E-state index is -0.00921. The van der Waals surface area contributed by atoms with Crippen molar-refractivity contribution in [2.45, 2.75) is 46.5 Å². The lowest BCUT2D eigenvalue weighted by Gasteiger charge is -2.10. The zero-order valence-electron chi connectivity index (χ0n) is 12.0. The fourth-order valence-electron chi connectivity index (χ4n) is 2.01. The van der Waals surface area contributed by atoms with Gasteiger partial charge in [-0.3, -0.25) is 4.79 Å². The molecule has 0 aliphatic rings. The highest BCUT2D eigenvalue weighted by molar-refractivity contribution is 5.91. The third-order valence-corrected chi connectivity index (χ3v) is 3.21. The van der Waals surface area contributed by atoms with Gasteiger partial charge in [0.05, 0.1) is 6.07 Å². The van der Waals surface area contributed by atoms with E-state index in [0.717, 1.165) is 29.7 Å². The van der Waals surface area contributed by atoms with Crippen molar-refractivity contribution >= 4 is 11.6 Å². The van der Waals surface area contributed by atoms with Gasteiger partial charge in [0.25, 0.3) is 0 Å². The van der Waals surface area contributed by atoms with E-state index in [1.54, 1.807) is 0 Å². The third kappa shape index (κ3) is 5.13. The highest BCUT2D eigenvalue weighted by Crippen LogP contribution is 2.18. The lowest BCUT2D eigenvalue weighted by molar-refractivity contribution is -0.116. The molecule has 0 spiro atoms. The van der Waals surface area contributed by atoms with E-state index in [-0.39, 0.29) is 11.8 Å². The molecule has 1 rings (SSSR count). The zero-order chi connectivity index (χ0) is 14.3. The van der Waals surface area contributed by atoms with Gasteiger partial charge in [0.2, 0.25) is 5.91 Å². The maximum Gasteiger partial charge on any atom is 0.224 e. The summed E-state index contributed by atoms with van der Waals surface area (Å²) in [6.45, 7) is 6.03. The summed E-state index contributed by atoms with van der Waals surface area (Å²) in [6, 6.07) is 8.26. The second kappa shape index (κ2) is 7.58. The average molecular weight is 258 g/mol. The molecule has 3 heteroatoms. The monoisotopic (exact) mass is 258 g/mol. The first-order chi connectivity index (χ1) is 9.06. The van der Waals surface area contributed by atoms with E-state index in [2.05, 4.69) is 18.3 Å². The Morgan fingerprint density at radius 1 is 1.37 bits per heavy atom. The lowest BCUT2D eigenvalue weighted by Crippen LogP contribution is -2.14. The maximum atomic E-state index is 11.9. The standard InChI is InChI=1S/C16H22N2O/c1-4-5-14(11-17)8-9-16(19)18-15-10-12(2)6-7-13(15)3/h6-7,10,14H,4-5,8-9H2,1-3H3,(H,18,19). The van der Waals surface area contributed by atoms with Gasteiger partial charge >= 0.3 is 0 Å². The number of anilines is 1. The SMILES string of the molecule is CCCC(C#N)CCC(=O)Nc1cc(C)ccc1C. The van der Waals surface area contributed by atoms with Crippen LogP contribution in [0.3, 0.4) is 0 Å². The summed E-state index contributed by atoms with van der Waals surface area (Å²) in [7, 11) is 0. The summed E-state index contributed by atoms with van der Waals surface area (Å²) in [5.74, 6) is -0.0144. The first kappa shape index (κ1) is 15.2. The van der Waals surface area contributed by atoms with Crippen LogP contribution in [0, 0.1) is 31.1 Å². The van der Waals surface area contributed by atoms with Crippen molar-refractivity contribution < 1.29 is 4.79 Å². The van der Waals surface area contributed by atoms with Gasteiger partial charge < -0.3 is 5.32 Å². The van der Waals surface area contributed by atoms with Crippen molar-refractivity contribution in [1.82, 2.24) is 0 Å². The molecular formula is C16H22N2O. The van der Waals surface area contributed by atoms with Gasteiger partial charge in [0.15, 0.2) is 0 Å². The third-order valence-electron chi connectivity index (χ3n) is 3.21. The predicted octanol–water partition coefficient (Wildman–Crippen LogP) is 3.96. The maximum absolute atomic E-state index is 11.9. The van der Waals surface area contributed by atoms with Crippen molar-refractivity contribution in [2.24, 2.45) is 5.92 Å². The molecule has 0 radical (unpaired) electrons. The van der Waals surface area contributed by atoms with Crippen LogP contribution in [0.25, 0.3) is 0 Å². The Bertz CT molecular complexity index is 474. The summed E-state index contributed by atoms with van der Waals surface area (Å²) in [5.41, 5.74) is 3.06. The molecule has 1 atom stereocenters. The smallest absolute Gasteiger partial charge is 0.224 e. The van der Waals surface area contributed by atoms with E-state index in [9.17, 15) is 4.79 Å². The Kier molecular flexibility index (Phi) is 6.08. The second-order valence-electron chi connectivity index (χ2n) is 5.02. The predicted molar refractivity (Wildman–Crippen MR) is 77.8 cm³/mol. The number of carbonyl (C=O) groups excluding carboxylic acids is 1. The number of amides is 1. The molecule has 1 aromatic carbocycles. The van der Waals surface area contributed by atoms with Crippen molar-refractivity contribution in [3.63, 3.8) is 0 Å². The van der Waals surface area contributed by atoms with Crippen molar-refractivity contribution in [3.8, 4) is 6.07 Å². The molecule has 0 aromatic heterocycles. The van der Waals surface area contributed by atoms with Gasteiger partial charge in [-0.05, 0) is 43.9 Å². The Hall–Kier alpha value is -1.82. The van der Waals surface area contributed by atoms with E-state index in [0.29, 0.717) is 12.8 Å². The molecule has 102 valence electrons. The van der Waals surface area contributed by atoms with E-state index >= 15 is 0 Å². The van der Waals surface area contributed by atoms with Crippen molar-refractivity contribution in [1.29, 1.82) is 5.26 Å². The Balaban J connectivity index is 2.51. The Morgan fingerprint density at radius 3 is 2.74 bits per heavy atom. The van der Waals surface area contributed by atoms with Crippen LogP contribution in [0.4, 0.5) is 5.69 Å². The fourth-order valence-corrected chi connectivity index (χ4v) is 2.01. The Labute approximate surface area is 115 Å². The molecular weight excluding hydrogens is 236 g/mol. The molecule has 0 heterocycles. The lowest BCUT2D eigenvalue weighted by atomic mass is 9.99. The molecule has 3 nitrogen and oxygen atoms in total. The summed E-state index contributed by atoms with van der Waals surface area (Å²) < 4.78 is 0. The normalized spacial score (nSPS) is 11.7. The van der Waals surface area contributed by atoms with E-state index in [4.69, 9.17) is 5.26 Å². The first-order valence-electron chi connectivity index (χ1n) is 6.83. The van der Waals surface area contributed by atoms with Crippen LogP contribution < -0.4 is 5.32 Å². The zero-order valence-corrected chi connectivity index (χ0v) is 12.0. The fraction of sp³-hybridized carbons (Fsp3) is 0.500. The van der Waals surface area contributed by atoms with Gasteiger partial charge in [0.1, 0.15) is 0 Å². The van der Waals surface area contributed by atoms with Crippen LogP contribution in [-0.4, -0.2) is 5.91 Å². The Morgan fingerprint density at radius 2 is 2.11 bits per heavy atom. The van der Waals surface area contributed by atoms with E-state index in [1.807, 2.05) is 32.0 Å². The minimum absolute atomic E-state index is 0.00523. The minimum Gasteiger partial charge on any atom is -0.326 e. The number of hydrogen-bond acceptors (Lipinski definition) is 2. The number of aryl methyl sites for hydroxylation is 2. The molecule has 1 unspecified atom stereocenters. The van der Waals surface area contributed by atoms with Crippen molar-refractivity contribution in [3.05, 3.63) is 29.3 Å². The molecule has 0 bridgehead atoms. The number of rotatable bonds is 6. The molecule has 0 aliphatic heterocycles. The van der Waals surface area contributed by atoms with Crippen LogP contribution in [0.15, 0.2) is 18.2 Å². The largest absolute Gasteiger partial charge is 0.326 e. The van der Waals surface area contributed by atoms with Gasteiger partial charge in [-0.25, -0.2) is 0 Å². The number of hydrogen-bond donors (Lipinski definition) is 1. The van der Waals surface area contributed by atoms with Gasteiger partial charge in [-0.2, -0.15) is 5.26 Å². The highest BCUT2D eigenvalue weighted by Gasteiger charge is 2.10. The van der Waals surface area contributed by atoms with Crippen LogP contribution in [-0.2, 0) is 4.79 Å². The number of benzene rings is 1. The van der Waals surface area contributed by atoms with Crippen LogP contribution >= 0.6 is 0 Å². The number of nitrogens with zero attached hydrogens (tertiary/aromatic N) is 1. The number of nitriles is 1. The summed E-state index contributed by atoms with van der Waals surface area (Å²) in [5, 5.41) is 11.9. The van der Waals surface area contributed by atoms with Crippen LogP contribution in [0.1, 0.15) is 43.7 Å². The number of nitrogens with one attached hydrogen (secondary N) is 1. The first-order valence-corrected chi connectivity index (χ1v) is 6.83. The van der Waals surface area contributed by atoms with Crippen LogP contribution in [0.2, 0.25) is 0 Å². The van der Waals surface area contributed by atoms with Gasteiger partial charge in [0, 0.05) is 18.0 Å². The molecule has 0 saturated heterocycles. The van der Waals surface area contributed by atoms with Crippen LogP contribution in [0.5, 0.6) is 0 Å².